The highest BCUT2D eigenvalue weighted by atomic mass is 16.1. The third-order valence-corrected chi connectivity index (χ3v) is 1.92. The summed E-state index contributed by atoms with van der Waals surface area (Å²) in [6, 6.07) is 0. The first-order valence-electron chi connectivity index (χ1n) is 4.33. The van der Waals surface area contributed by atoms with Crippen LogP contribution >= 0.6 is 0 Å². The molecule has 72 valence electrons. The van der Waals surface area contributed by atoms with Crippen LogP contribution in [0.25, 0.3) is 0 Å². The number of amides is 1. The van der Waals surface area contributed by atoms with Crippen molar-refractivity contribution in [2.24, 2.45) is 0 Å². The van der Waals surface area contributed by atoms with Crippen LogP contribution in [0.1, 0.15) is 27.2 Å². The van der Waals surface area contributed by atoms with Gasteiger partial charge < -0.3 is 10.2 Å². The Kier molecular flexibility index (Phi) is 4.24. The number of carbonyl (C=O) groups excluding carboxylic acids is 1. The SMILES string of the molecule is CCC(C)(CN(C)C)NC(C)=O. The molecular weight excluding hydrogens is 152 g/mol. The lowest BCUT2D eigenvalue weighted by Crippen LogP contribution is -2.51. The number of hydrogen-bond acceptors (Lipinski definition) is 2. The van der Waals surface area contributed by atoms with Gasteiger partial charge in [0.1, 0.15) is 0 Å². The second-order valence-corrected chi connectivity index (χ2v) is 3.83. The molecule has 3 heteroatoms. The molecule has 0 saturated heterocycles. The van der Waals surface area contributed by atoms with Crippen molar-refractivity contribution in [2.45, 2.75) is 32.7 Å². The Bertz CT molecular complexity index is 157. The van der Waals surface area contributed by atoms with E-state index in [1.807, 2.05) is 14.1 Å². The van der Waals surface area contributed by atoms with Crippen molar-refractivity contribution >= 4 is 5.91 Å². The van der Waals surface area contributed by atoms with Crippen molar-refractivity contribution in [2.75, 3.05) is 20.6 Å². The maximum Gasteiger partial charge on any atom is 0.217 e. The van der Waals surface area contributed by atoms with Crippen molar-refractivity contribution < 1.29 is 4.79 Å². The van der Waals surface area contributed by atoms with E-state index >= 15 is 0 Å². The molecule has 0 aromatic heterocycles. The quantitative estimate of drug-likeness (QED) is 0.682. The molecule has 0 heterocycles. The fourth-order valence-electron chi connectivity index (χ4n) is 1.36. The number of nitrogens with zero attached hydrogens (tertiary/aromatic N) is 1. The van der Waals surface area contributed by atoms with Crippen LogP contribution in [0.5, 0.6) is 0 Å². The minimum absolute atomic E-state index is 0.0428. The lowest BCUT2D eigenvalue weighted by Gasteiger charge is -2.32. The summed E-state index contributed by atoms with van der Waals surface area (Å²) in [5.74, 6) is 0.0428. The molecule has 0 radical (unpaired) electrons. The standard InChI is InChI=1S/C9H20N2O/c1-6-9(3,7-11(4)5)10-8(2)12/h6-7H2,1-5H3,(H,10,12). The highest BCUT2D eigenvalue weighted by Crippen LogP contribution is 2.09. The molecule has 0 aliphatic carbocycles. The average Bonchev–Trinajstić information content (AvgIpc) is 1.83. The molecule has 0 aliphatic heterocycles. The first kappa shape index (κ1) is 11.4. The van der Waals surface area contributed by atoms with Crippen molar-refractivity contribution in [3.8, 4) is 0 Å². The van der Waals surface area contributed by atoms with Crippen molar-refractivity contribution in [3.05, 3.63) is 0 Å². The molecule has 0 bridgehead atoms. The molecule has 0 fully saturated rings. The summed E-state index contributed by atoms with van der Waals surface area (Å²) in [4.78, 5) is 13.0. The van der Waals surface area contributed by atoms with E-state index in [9.17, 15) is 4.79 Å². The molecule has 0 aromatic rings. The normalized spacial score (nSPS) is 15.8. The second kappa shape index (κ2) is 4.45. The van der Waals surface area contributed by atoms with Gasteiger partial charge in [-0.25, -0.2) is 0 Å². The highest BCUT2D eigenvalue weighted by Gasteiger charge is 2.23. The zero-order valence-corrected chi connectivity index (χ0v) is 8.77. The molecule has 0 aliphatic rings. The van der Waals surface area contributed by atoms with E-state index in [4.69, 9.17) is 0 Å². The van der Waals surface area contributed by atoms with E-state index in [0.717, 1.165) is 13.0 Å². The maximum atomic E-state index is 10.9. The van der Waals surface area contributed by atoms with Crippen LogP contribution in [0.2, 0.25) is 0 Å². The van der Waals surface area contributed by atoms with Gasteiger partial charge in [0, 0.05) is 19.0 Å². The predicted octanol–water partition coefficient (Wildman–Crippen LogP) is 0.853. The van der Waals surface area contributed by atoms with Gasteiger partial charge in [-0.15, -0.1) is 0 Å². The molecule has 1 atom stereocenters. The van der Waals surface area contributed by atoms with E-state index in [2.05, 4.69) is 24.1 Å². The van der Waals surface area contributed by atoms with Gasteiger partial charge in [0.25, 0.3) is 0 Å². The van der Waals surface area contributed by atoms with Crippen LogP contribution in [0.15, 0.2) is 0 Å². The van der Waals surface area contributed by atoms with Crippen LogP contribution in [-0.2, 0) is 4.79 Å². The van der Waals surface area contributed by atoms with E-state index in [-0.39, 0.29) is 11.4 Å². The molecule has 0 aromatic carbocycles. The number of rotatable bonds is 4. The zero-order chi connectivity index (χ0) is 9.78. The number of likely N-dealkylation sites (N-methyl/N-ethyl adjacent to an activating group) is 1. The largest absolute Gasteiger partial charge is 0.350 e. The van der Waals surface area contributed by atoms with Crippen LogP contribution < -0.4 is 5.32 Å². The van der Waals surface area contributed by atoms with E-state index < -0.39 is 0 Å². The van der Waals surface area contributed by atoms with Gasteiger partial charge in [0.15, 0.2) is 0 Å². The van der Waals surface area contributed by atoms with Gasteiger partial charge in [0.05, 0.1) is 0 Å². The van der Waals surface area contributed by atoms with Gasteiger partial charge in [-0.05, 0) is 27.4 Å². The first-order chi connectivity index (χ1) is 5.39. The van der Waals surface area contributed by atoms with Crippen LogP contribution in [0.4, 0.5) is 0 Å². The molecule has 3 nitrogen and oxygen atoms in total. The topological polar surface area (TPSA) is 32.3 Å². The van der Waals surface area contributed by atoms with E-state index in [1.54, 1.807) is 6.92 Å². The Morgan fingerprint density at radius 3 is 2.25 bits per heavy atom. The summed E-state index contributed by atoms with van der Waals surface area (Å²) in [5.41, 5.74) is -0.0880. The van der Waals surface area contributed by atoms with Crippen LogP contribution in [-0.4, -0.2) is 37.0 Å². The lowest BCUT2D eigenvalue weighted by molar-refractivity contribution is -0.120. The molecular formula is C9H20N2O. The summed E-state index contributed by atoms with van der Waals surface area (Å²) < 4.78 is 0. The molecule has 0 saturated carbocycles. The highest BCUT2D eigenvalue weighted by molar-refractivity contribution is 5.73. The predicted molar refractivity (Wildman–Crippen MR) is 51.1 cm³/mol. The Hall–Kier alpha value is -0.570. The van der Waals surface area contributed by atoms with Gasteiger partial charge in [0.2, 0.25) is 5.91 Å². The average molecular weight is 172 g/mol. The summed E-state index contributed by atoms with van der Waals surface area (Å²) >= 11 is 0. The fourth-order valence-corrected chi connectivity index (χ4v) is 1.36. The second-order valence-electron chi connectivity index (χ2n) is 3.83. The monoisotopic (exact) mass is 172 g/mol. The van der Waals surface area contributed by atoms with Crippen molar-refractivity contribution in [1.29, 1.82) is 0 Å². The van der Waals surface area contributed by atoms with Gasteiger partial charge in [-0.3, -0.25) is 4.79 Å². The van der Waals surface area contributed by atoms with Crippen molar-refractivity contribution in [3.63, 3.8) is 0 Å². The molecule has 1 amide bonds. The summed E-state index contributed by atoms with van der Waals surface area (Å²) in [6.45, 7) is 6.58. The Balaban J connectivity index is 4.13. The molecule has 0 rings (SSSR count). The van der Waals surface area contributed by atoms with Gasteiger partial charge >= 0.3 is 0 Å². The first-order valence-corrected chi connectivity index (χ1v) is 4.33. The van der Waals surface area contributed by atoms with E-state index in [1.165, 1.54) is 0 Å². The Labute approximate surface area is 75.1 Å². The van der Waals surface area contributed by atoms with Crippen LogP contribution in [0, 0.1) is 0 Å². The maximum absolute atomic E-state index is 10.9. The zero-order valence-electron chi connectivity index (χ0n) is 8.77. The molecule has 1 N–H and O–H groups in total. The third-order valence-electron chi connectivity index (χ3n) is 1.92. The molecule has 0 spiro atoms. The molecule has 12 heavy (non-hydrogen) atoms. The number of hydrogen-bond donors (Lipinski definition) is 1. The number of carbonyl (C=O) groups is 1. The summed E-state index contributed by atoms with van der Waals surface area (Å²) in [7, 11) is 4.02. The Morgan fingerprint density at radius 2 is 2.00 bits per heavy atom. The van der Waals surface area contributed by atoms with Gasteiger partial charge in [-0.1, -0.05) is 6.92 Å². The van der Waals surface area contributed by atoms with Crippen LogP contribution in [0.3, 0.4) is 0 Å². The van der Waals surface area contributed by atoms with Gasteiger partial charge in [-0.2, -0.15) is 0 Å². The summed E-state index contributed by atoms with van der Waals surface area (Å²) in [5, 5.41) is 2.96. The number of nitrogens with one attached hydrogen (secondary N) is 1. The summed E-state index contributed by atoms with van der Waals surface area (Å²) in [6.07, 6.45) is 0.949. The minimum Gasteiger partial charge on any atom is -0.350 e. The minimum atomic E-state index is -0.0880. The lowest BCUT2D eigenvalue weighted by atomic mass is 9.98. The van der Waals surface area contributed by atoms with E-state index in [0.29, 0.717) is 0 Å². The Morgan fingerprint density at radius 1 is 1.50 bits per heavy atom. The van der Waals surface area contributed by atoms with Crippen molar-refractivity contribution in [1.82, 2.24) is 10.2 Å². The smallest absolute Gasteiger partial charge is 0.217 e. The fraction of sp³-hybridized carbons (Fsp3) is 0.889. The molecule has 1 unspecified atom stereocenters. The third kappa shape index (κ3) is 4.34.